The largest absolute Gasteiger partial charge is 0.465 e. The third-order valence-corrected chi connectivity index (χ3v) is 4.90. The number of nitrogens with one attached hydrogen (secondary N) is 1. The van der Waals surface area contributed by atoms with Gasteiger partial charge >= 0.3 is 6.09 Å². The number of halogens is 1. The summed E-state index contributed by atoms with van der Waals surface area (Å²) in [5, 5.41) is 16.3. The molecular weight excluding hydrogens is 310 g/mol. The van der Waals surface area contributed by atoms with E-state index in [0.29, 0.717) is 21.8 Å². The summed E-state index contributed by atoms with van der Waals surface area (Å²) in [6, 6.07) is -0.0328. The number of aromatic nitrogens is 2. The summed E-state index contributed by atoms with van der Waals surface area (Å²) in [6.07, 6.45) is 2.44. The van der Waals surface area contributed by atoms with Crippen molar-refractivity contribution in [1.29, 1.82) is 0 Å². The minimum Gasteiger partial charge on any atom is -0.465 e. The normalized spacial score (nSPS) is 26.8. The molecule has 2 fully saturated rings. The van der Waals surface area contributed by atoms with E-state index in [1.54, 1.807) is 0 Å². The lowest BCUT2D eigenvalue weighted by atomic mass is 10.1. The molecule has 0 radical (unpaired) electrons. The van der Waals surface area contributed by atoms with Gasteiger partial charge in [-0.05, 0) is 18.8 Å². The maximum atomic E-state index is 11.0. The molecule has 1 aliphatic carbocycles. The Labute approximate surface area is 130 Å². The molecule has 0 aromatic carbocycles. The van der Waals surface area contributed by atoms with E-state index in [-0.39, 0.29) is 23.8 Å². The molecule has 1 saturated carbocycles. The van der Waals surface area contributed by atoms with Crippen molar-refractivity contribution < 1.29 is 14.4 Å². The highest BCUT2D eigenvalue weighted by molar-refractivity contribution is 6.36. The average molecular weight is 324 g/mol. The molecule has 2 aliphatic rings. The van der Waals surface area contributed by atoms with Gasteiger partial charge in [-0.2, -0.15) is 0 Å². The number of nitrogens with zero attached hydrogens (tertiary/aromatic N) is 3. The molecule has 4 rings (SSSR count). The number of carboxylic acid groups (broad SMARTS) is 1. The highest BCUT2D eigenvalue weighted by atomic mass is 35.5. The molecule has 2 aromatic rings. The van der Waals surface area contributed by atoms with Crippen LogP contribution in [0.25, 0.3) is 11.0 Å². The van der Waals surface area contributed by atoms with Crippen LogP contribution in [-0.4, -0.2) is 40.0 Å². The monoisotopic (exact) mass is 323 g/mol. The van der Waals surface area contributed by atoms with Crippen LogP contribution in [0.1, 0.15) is 12.8 Å². The van der Waals surface area contributed by atoms with Crippen molar-refractivity contribution in [2.45, 2.75) is 24.9 Å². The number of fused-ring (bicyclic) bond motifs is 3. The van der Waals surface area contributed by atoms with E-state index in [1.165, 1.54) is 6.20 Å². The molecule has 3 unspecified atom stereocenters. The zero-order valence-corrected chi connectivity index (χ0v) is 12.2. The van der Waals surface area contributed by atoms with Crippen LogP contribution in [0.5, 0.6) is 0 Å². The van der Waals surface area contributed by atoms with Gasteiger partial charge in [0.1, 0.15) is 0 Å². The van der Waals surface area contributed by atoms with Crippen molar-refractivity contribution in [2.75, 3.05) is 17.2 Å². The van der Waals surface area contributed by atoms with Crippen molar-refractivity contribution in [3.05, 3.63) is 11.2 Å². The topological polar surface area (TPSA) is 118 Å². The molecule has 8 nitrogen and oxygen atoms in total. The van der Waals surface area contributed by atoms with Crippen LogP contribution < -0.4 is 16.0 Å². The number of pyridine rings is 1. The van der Waals surface area contributed by atoms with Gasteiger partial charge < -0.3 is 25.6 Å². The Morgan fingerprint density at radius 1 is 1.55 bits per heavy atom. The van der Waals surface area contributed by atoms with Crippen molar-refractivity contribution in [2.24, 2.45) is 5.92 Å². The average Bonchev–Trinajstić information content (AvgIpc) is 3.13. The number of anilines is 2. The Bertz CT molecular complexity index is 763. The number of amides is 1. The van der Waals surface area contributed by atoms with Crippen molar-refractivity contribution in [1.82, 2.24) is 15.5 Å². The third-order valence-electron chi connectivity index (χ3n) is 4.61. The second-order valence-electron chi connectivity index (χ2n) is 5.73. The highest BCUT2D eigenvalue weighted by Gasteiger charge is 2.48. The smallest absolute Gasteiger partial charge is 0.404 e. The Morgan fingerprint density at radius 2 is 2.36 bits per heavy atom. The van der Waals surface area contributed by atoms with E-state index in [0.717, 1.165) is 19.4 Å². The zero-order chi connectivity index (χ0) is 15.4. The maximum Gasteiger partial charge on any atom is 0.404 e. The van der Waals surface area contributed by atoms with Crippen LogP contribution in [0.2, 0.25) is 5.02 Å². The Morgan fingerprint density at radius 3 is 3.14 bits per heavy atom. The summed E-state index contributed by atoms with van der Waals surface area (Å²) in [6.45, 7) is 0.722. The molecule has 1 saturated heterocycles. The van der Waals surface area contributed by atoms with Gasteiger partial charge in [-0.15, -0.1) is 0 Å². The van der Waals surface area contributed by atoms with Gasteiger partial charge in [0.15, 0.2) is 11.6 Å². The minimum atomic E-state index is -0.998. The summed E-state index contributed by atoms with van der Waals surface area (Å²) < 4.78 is 5.30. The van der Waals surface area contributed by atoms with Crippen molar-refractivity contribution in [3.8, 4) is 0 Å². The first-order valence-electron chi connectivity index (χ1n) is 7.01. The van der Waals surface area contributed by atoms with Crippen molar-refractivity contribution >= 4 is 40.3 Å². The summed E-state index contributed by atoms with van der Waals surface area (Å²) in [5.74, 6) is 1.12. The lowest BCUT2D eigenvalue weighted by Crippen LogP contribution is -2.43. The second kappa shape index (κ2) is 4.64. The van der Waals surface area contributed by atoms with E-state index in [2.05, 4.69) is 20.4 Å². The Kier molecular flexibility index (Phi) is 2.83. The van der Waals surface area contributed by atoms with Crippen molar-refractivity contribution in [3.63, 3.8) is 0 Å². The molecule has 1 amide bonds. The van der Waals surface area contributed by atoms with E-state index in [1.807, 2.05) is 0 Å². The summed E-state index contributed by atoms with van der Waals surface area (Å²) >= 11 is 6.11. The SMILES string of the molecule is Nc1noc2c(N3CC4CCC3C4NC(=O)O)ncc(Cl)c12. The molecule has 22 heavy (non-hydrogen) atoms. The molecule has 3 heterocycles. The van der Waals surface area contributed by atoms with Crippen LogP contribution in [0.4, 0.5) is 16.4 Å². The Hall–Kier alpha value is -2.22. The number of nitrogen functional groups attached to an aromatic ring is 1. The summed E-state index contributed by atoms with van der Waals surface area (Å²) in [4.78, 5) is 17.4. The van der Waals surface area contributed by atoms with Gasteiger partial charge in [-0.3, -0.25) is 0 Å². The summed E-state index contributed by atoms with van der Waals surface area (Å²) in [5.41, 5.74) is 6.24. The molecule has 116 valence electrons. The van der Waals surface area contributed by atoms with Crippen LogP contribution >= 0.6 is 11.6 Å². The fourth-order valence-corrected chi connectivity index (χ4v) is 3.96. The number of hydrogen-bond donors (Lipinski definition) is 3. The van der Waals surface area contributed by atoms with Gasteiger partial charge in [0.05, 0.1) is 22.5 Å². The predicted molar refractivity (Wildman–Crippen MR) is 80.0 cm³/mol. The van der Waals surface area contributed by atoms with Crippen LogP contribution in [0.3, 0.4) is 0 Å². The van der Waals surface area contributed by atoms with Crippen LogP contribution in [-0.2, 0) is 0 Å². The fourth-order valence-electron chi connectivity index (χ4n) is 3.73. The van der Waals surface area contributed by atoms with E-state index >= 15 is 0 Å². The molecule has 2 aromatic heterocycles. The van der Waals surface area contributed by atoms with E-state index in [9.17, 15) is 4.79 Å². The third kappa shape index (κ3) is 1.80. The van der Waals surface area contributed by atoms with Gasteiger partial charge in [0.25, 0.3) is 0 Å². The van der Waals surface area contributed by atoms with Gasteiger partial charge in [-0.25, -0.2) is 9.78 Å². The number of carbonyl (C=O) groups is 1. The van der Waals surface area contributed by atoms with Gasteiger partial charge in [-0.1, -0.05) is 16.8 Å². The first-order valence-corrected chi connectivity index (χ1v) is 7.39. The quantitative estimate of drug-likeness (QED) is 0.769. The van der Waals surface area contributed by atoms with Gasteiger partial charge in [0.2, 0.25) is 5.58 Å². The van der Waals surface area contributed by atoms with Gasteiger partial charge in [0, 0.05) is 12.7 Å². The first-order chi connectivity index (χ1) is 10.6. The number of hydrogen-bond acceptors (Lipinski definition) is 6. The maximum absolute atomic E-state index is 11.0. The molecule has 3 atom stereocenters. The molecule has 0 spiro atoms. The molecule has 4 N–H and O–H groups in total. The second-order valence-corrected chi connectivity index (χ2v) is 6.14. The number of nitrogens with two attached hydrogens (primary N) is 1. The van der Waals surface area contributed by atoms with Crippen LogP contribution in [0.15, 0.2) is 10.7 Å². The lowest BCUT2D eigenvalue weighted by molar-refractivity contribution is 0.188. The lowest BCUT2D eigenvalue weighted by Gasteiger charge is -2.28. The Balaban J connectivity index is 1.75. The first kappa shape index (κ1) is 13.4. The fraction of sp³-hybridized carbons (Fsp3) is 0.462. The van der Waals surface area contributed by atoms with Crippen LogP contribution in [0, 0.1) is 5.92 Å². The molecule has 9 heteroatoms. The zero-order valence-electron chi connectivity index (χ0n) is 11.5. The van der Waals surface area contributed by atoms with E-state index < -0.39 is 6.09 Å². The molecule has 1 aliphatic heterocycles. The molecular formula is C13H14ClN5O3. The number of rotatable bonds is 2. The van der Waals surface area contributed by atoms with E-state index in [4.69, 9.17) is 27.0 Å². The molecule has 2 bridgehead atoms. The summed E-state index contributed by atoms with van der Waals surface area (Å²) in [7, 11) is 0. The predicted octanol–water partition coefficient (Wildman–Crippen LogP) is 1.69. The minimum absolute atomic E-state index is 0.0595. The highest BCUT2D eigenvalue weighted by Crippen LogP contribution is 2.43. The standard InChI is InChI=1S/C13H14ClN5O3/c14-6-3-16-12(10-8(6)11(15)18-22-10)19-4-5-1-2-7(19)9(5)17-13(20)21/h3,5,7,9,17H,1-2,4H2,(H2,15,18)(H,20,21). The number of piperidine rings is 1.